The van der Waals surface area contributed by atoms with E-state index in [0.717, 1.165) is 19.4 Å². The Labute approximate surface area is 108 Å². The van der Waals surface area contributed by atoms with Crippen LogP contribution in [0.4, 0.5) is 8.78 Å². The summed E-state index contributed by atoms with van der Waals surface area (Å²) < 4.78 is 27.1. The molecule has 1 N–H and O–H groups in total. The zero-order valence-corrected chi connectivity index (χ0v) is 10.9. The molecule has 1 nitrogen and oxygen atoms in total. The van der Waals surface area contributed by atoms with Crippen molar-refractivity contribution >= 4 is 0 Å². The quantitative estimate of drug-likeness (QED) is 0.801. The van der Waals surface area contributed by atoms with E-state index in [1.165, 1.54) is 37.5 Å². The Hall–Kier alpha value is -0.960. The molecule has 0 amide bonds. The summed E-state index contributed by atoms with van der Waals surface area (Å²) in [5.41, 5.74) is 0.482. The lowest BCUT2D eigenvalue weighted by molar-refractivity contribution is 0.258. The maximum Gasteiger partial charge on any atom is 0.128 e. The molecule has 0 aliphatic heterocycles. The second kappa shape index (κ2) is 6.28. The molecule has 1 atom stereocenters. The molecule has 2 rings (SSSR count). The van der Waals surface area contributed by atoms with Crippen molar-refractivity contribution in [3.8, 4) is 0 Å². The number of halogens is 2. The average Bonchev–Trinajstić information content (AvgIpc) is 2.31. The molecule has 1 fully saturated rings. The number of benzene rings is 1. The molecular weight excluding hydrogens is 232 g/mol. The van der Waals surface area contributed by atoms with E-state index in [9.17, 15) is 8.78 Å². The van der Waals surface area contributed by atoms with E-state index in [-0.39, 0.29) is 17.7 Å². The number of hydrogen-bond acceptors (Lipinski definition) is 1. The highest BCUT2D eigenvalue weighted by Gasteiger charge is 2.24. The third-order valence-electron chi connectivity index (χ3n) is 3.77. The highest BCUT2D eigenvalue weighted by Crippen LogP contribution is 2.35. The molecule has 0 spiro atoms. The van der Waals surface area contributed by atoms with Gasteiger partial charge in [-0.1, -0.05) is 26.2 Å². The van der Waals surface area contributed by atoms with Crippen molar-refractivity contribution < 1.29 is 8.78 Å². The number of nitrogens with one attached hydrogen (secondary N) is 1. The van der Waals surface area contributed by atoms with E-state index in [1.54, 1.807) is 0 Å². The zero-order valence-electron chi connectivity index (χ0n) is 10.9. The average molecular weight is 253 g/mol. The van der Waals surface area contributed by atoms with Crippen molar-refractivity contribution in [2.75, 3.05) is 6.54 Å². The fraction of sp³-hybridized carbons (Fsp3) is 0.600. The summed E-state index contributed by atoms with van der Waals surface area (Å²) in [7, 11) is 0. The van der Waals surface area contributed by atoms with Crippen LogP contribution in [0, 0.1) is 17.6 Å². The van der Waals surface area contributed by atoms with Gasteiger partial charge in [-0.15, -0.1) is 0 Å². The third kappa shape index (κ3) is 3.29. The first-order valence-corrected chi connectivity index (χ1v) is 6.89. The minimum absolute atomic E-state index is 0.0500. The van der Waals surface area contributed by atoms with E-state index < -0.39 is 0 Å². The monoisotopic (exact) mass is 253 g/mol. The largest absolute Gasteiger partial charge is 0.310 e. The minimum atomic E-state index is -0.358. The standard InChI is InChI=1S/C15H21F2N/c1-2-8-18-15(9-11-4-3-5-11)13-10-12(16)6-7-14(13)17/h6-7,10-11,15,18H,2-5,8-9H2,1H3. The van der Waals surface area contributed by atoms with Crippen LogP contribution >= 0.6 is 0 Å². The van der Waals surface area contributed by atoms with Gasteiger partial charge in [-0.2, -0.15) is 0 Å². The summed E-state index contributed by atoms with van der Waals surface area (Å²) in [6.07, 6.45) is 5.64. The Morgan fingerprint density at radius 1 is 1.33 bits per heavy atom. The van der Waals surface area contributed by atoms with Crippen LogP contribution in [0.2, 0.25) is 0 Å². The second-order valence-electron chi connectivity index (χ2n) is 5.21. The van der Waals surface area contributed by atoms with Gasteiger partial charge in [0.2, 0.25) is 0 Å². The lowest BCUT2D eigenvalue weighted by Gasteiger charge is -2.30. The maximum absolute atomic E-state index is 13.8. The molecule has 0 bridgehead atoms. The molecule has 1 aromatic carbocycles. The Morgan fingerprint density at radius 2 is 2.11 bits per heavy atom. The minimum Gasteiger partial charge on any atom is -0.310 e. The fourth-order valence-electron chi connectivity index (χ4n) is 2.48. The van der Waals surface area contributed by atoms with Gasteiger partial charge in [0.05, 0.1) is 0 Å². The van der Waals surface area contributed by atoms with Crippen LogP contribution in [0.3, 0.4) is 0 Å². The van der Waals surface area contributed by atoms with E-state index in [0.29, 0.717) is 11.5 Å². The smallest absolute Gasteiger partial charge is 0.128 e. The highest BCUT2D eigenvalue weighted by molar-refractivity contribution is 5.22. The van der Waals surface area contributed by atoms with Crippen LogP contribution in [0.1, 0.15) is 50.6 Å². The normalized spacial score (nSPS) is 17.5. The van der Waals surface area contributed by atoms with Gasteiger partial charge in [-0.25, -0.2) is 8.78 Å². The molecule has 0 saturated heterocycles. The van der Waals surface area contributed by atoms with Gasteiger partial charge in [0.1, 0.15) is 11.6 Å². The summed E-state index contributed by atoms with van der Waals surface area (Å²) in [6, 6.07) is 3.69. The molecule has 18 heavy (non-hydrogen) atoms. The van der Waals surface area contributed by atoms with Gasteiger partial charge >= 0.3 is 0 Å². The van der Waals surface area contributed by atoms with E-state index >= 15 is 0 Å². The van der Waals surface area contributed by atoms with Gasteiger partial charge in [0, 0.05) is 11.6 Å². The maximum atomic E-state index is 13.8. The van der Waals surface area contributed by atoms with Crippen LogP contribution in [0.15, 0.2) is 18.2 Å². The summed E-state index contributed by atoms with van der Waals surface area (Å²) in [6.45, 7) is 2.92. The Balaban J connectivity index is 2.11. The Kier molecular flexibility index (Phi) is 4.70. The van der Waals surface area contributed by atoms with Crippen molar-refractivity contribution in [2.45, 2.75) is 45.1 Å². The SMILES string of the molecule is CCCNC(CC1CCC1)c1cc(F)ccc1F. The van der Waals surface area contributed by atoms with Crippen molar-refractivity contribution in [2.24, 2.45) is 5.92 Å². The second-order valence-corrected chi connectivity index (χ2v) is 5.21. The van der Waals surface area contributed by atoms with Crippen LogP contribution in [0.5, 0.6) is 0 Å². The molecule has 1 aromatic rings. The van der Waals surface area contributed by atoms with Gasteiger partial charge in [0.25, 0.3) is 0 Å². The summed E-state index contributed by atoms with van der Waals surface area (Å²) in [5, 5.41) is 3.35. The van der Waals surface area contributed by atoms with Gasteiger partial charge in [0.15, 0.2) is 0 Å². The molecule has 1 saturated carbocycles. The molecule has 1 aliphatic carbocycles. The van der Waals surface area contributed by atoms with Crippen molar-refractivity contribution in [3.63, 3.8) is 0 Å². The number of rotatable bonds is 6. The highest BCUT2D eigenvalue weighted by atomic mass is 19.1. The Bertz CT molecular complexity index is 388. The summed E-state index contributed by atoms with van der Waals surface area (Å²) in [5.74, 6) is 0.00894. The van der Waals surface area contributed by atoms with Crippen LogP contribution < -0.4 is 5.32 Å². The van der Waals surface area contributed by atoms with E-state index in [4.69, 9.17) is 0 Å². The van der Waals surface area contributed by atoms with E-state index in [2.05, 4.69) is 12.2 Å². The van der Waals surface area contributed by atoms with Gasteiger partial charge in [-0.05, 0) is 43.5 Å². The molecule has 1 aliphatic rings. The first-order chi connectivity index (χ1) is 8.70. The molecule has 0 heterocycles. The molecule has 1 unspecified atom stereocenters. The topological polar surface area (TPSA) is 12.0 Å². The van der Waals surface area contributed by atoms with Crippen LogP contribution in [-0.2, 0) is 0 Å². The van der Waals surface area contributed by atoms with E-state index in [1.807, 2.05) is 0 Å². The van der Waals surface area contributed by atoms with Crippen LogP contribution in [0.25, 0.3) is 0 Å². The van der Waals surface area contributed by atoms with Crippen molar-refractivity contribution in [3.05, 3.63) is 35.4 Å². The molecular formula is C15H21F2N. The first kappa shape index (κ1) is 13.5. The van der Waals surface area contributed by atoms with Crippen molar-refractivity contribution in [1.29, 1.82) is 0 Å². The fourth-order valence-corrected chi connectivity index (χ4v) is 2.48. The first-order valence-electron chi connectivity index (χ1n) is 6.89. The molecule has 3 heteroatoms. The van der Waals surface area contributed by atoms with Gasteiger partial charge in [-0.3, -0.25) is 0 Å². The lowest BCUT2D eigenvalue weighted by atomic mass is 9.79. The van der Waals surface area contributed by atoms with Crippen molar-refractivity contribution in [1.82, 2.24) is 5.32 Å². The predicted octanol–water partition coefficient (Wildman–Crippen LogP) is 4.20. The molecule has 0 radical (unpaired) electrons. The molecule has 100 valence electrons. The Morgan fingerprint density at radius 3 is 2.72 bits per heavy atom. The van der Waals surface area contributed by atoms with Crippen LogP contribution in [-0.4, -0.2) is 6.54 Å². The summed E-state index contributed by atoms with van der Waals surface area (Å²) >= 11 is 0. The summed E-state index contributed by atoms with van der Waals surface area (Å²) in [4.78, 5) is 0. The molecule has 0 aromatic heterocycles. The third-order valence-corrected chi connectivity index (χ3v) is 3.77. The zero-order chi connectivity index (χ0) is 13.0. The van der Waals surface area contributed by atoms with Gasteiger partial charge < -0.3 is 5.32 Å². The lowest BCUT2D eigenvalue weighted by Crippen LogP contribution is -2.27. The predicted molar refractivity (Wildman–Crippen MR) is 69.4 cm³/mol. The number of hydrogen-bond donors (Lipinski definition) is 1.